The number of carbonyl (C=O) groups excluding carboxylic acids is 1. The molecule has 154 valence electrons. The van der Waals surface area contributed by atoms with E-state index in [0.717, 1.165) is 40.4 Å². The molecule has 0 spiro atoms. The second-order valence-corrected chi connectivity index (χ2v) is 7.68. The van der Waals surface area contributed by atoms with E-state index in [2.05, 4.69) is 47.9 Å². The van der Waals surface area contributed by atoms with Crippen LogP contribution in [-0.2, 0) is 13.0 Å². The molecule has 30 heavy (non-hydrogen) atoms. The highest BCUT2D eigenvalue weighted by Gasteiger charge is 2.17. The third-order valence-corrected chi connectivity index (χ3v) is 5.62. The number of ether oxygens (including phenoxy) is 1. The van der Waals surface area contributed by atoms with Crippen LogP contribution in [0.15, 0.2) is 60.7 Å². The molecule has 3 aromatic carbocycles. The number of unbranched alkanes of at least 4 members (excludes halogenated alkanes) is 1. The molecule has 4 aromatic rings. The minimum Gasteiger partial charge on any atom is -0.494 e. The molecule has 1 aromatic heterocycles. The quantitative estimate of drug-likeness (QED) is 0.413. The van der Waals surface area contributed by atoms with Crippen molar-refractivity contribution in [2.75, 3.05) is 6.61 Å². The highest BCUT2D eigenvalue weighted by molar-refractivity contribution is 6.18. The van der Waals surface area contributed by atoms with Crippen molar-refractivity contribution in [2.45, 2.75) is 39.7 Å². The molecule has 4 heteroatoms. The first-order chi connectivity index (χ1) is 14.6. The van der Waals surface area contributed by atoms with Gasteiger partial charge in [-0.15, -0.1) is 0 Å². The zero-order chi connectivity index (χ0) is 21.1. The molecular formula is C26H28N2O2. The first-order valence-electron chi connectivity index (χ1n) is 10.7. The molecule has 0 bridgehead atoms. The Morgan fingerprint density at radius 1 is 0.967 bits per heavy atom. The fourth-order valence-electron chi connectivity index (χ4n) is 4.14. The highest BCUT2D eigenvalue weighted by Crippen LogP contribution is 2.33. The fraction of sp³-hybridized carbons (Fsp3) is 0.269. The molecule has 2 N–H and O–H groups in total. The number of fused-ring (bicyclic) bond motifs is 3. The average Bonchev–Trinajstić information content (AvgIpc) is 3.07. The minimum atomic E-state index is -0.393. The number of amides is 1. The minimum absolute atomic E-state index is 0.393. The van der Waals surface area contributed by atoms with Crippen LogP contribution in [0.5, 0.6) is 5.75 Å². The maximum absolute atomic E-state index is 12.1. The molecule has 0 fully saturated rings. The summed E-state index contributed by atoms with van der Waals surface area (Å²) in [5.41, 5.74) is 11.0. The molecule has 0 aliphatic heterocycles. The summed E-state index contributed by atoms with van der Waals surface area (Å²) in [6.07, 6.45) is 3.38. The number of aromatic nitrogens is 1. The zero-order valence-corrected chi connectivity index (χ0v) is 17.7. The van der Waals surface area contributed by atoms with Crippen molar-refractivity contribution in [3.8, 4) is 5.75 Å². The van der Waals surface area contributed by atoms with E-state index in [9.17, 15) is 4.79 Å². The molecule has 0 saturated carbocycles. The van der Waals surface area contributed by atoms with Crippen molar-refractivity contribution in [1.82, 2.24) is 4.57 Å². The summed E-state index contributed by atoms with van der Waals surface area (Å²) in [6, 6.07) is 20.6. The average molecular weight is 401 g/mol. The van der Waals surface area contributed by atoms with E-state index >= 15 is 0 Å². The topological polar surface area (TPSA) is 57.2 Å². The number of hydrogen-bond donors (Lipinski definition) is 1. The van der Waals surface area contributed by atoms with Crippen LogP contribution in [0.2, 0.25) is 0 Å². The van der Waals surface area contributed by atoms with E-state index in [0.29, 0.717) is 18.7 Å². The van der Waals surface area contributed by atoms with Crippen LogP contribution in [0.3, 0.4) is 0 Å². The normalized spacial score (nSPS) is 11.3. The summed E-state index contributed by atoms with van der Waals surface area (Å²) in [5, 5.41) is 2.01. The first-order valence-corrected chi connectivity index (χ1v) is 10.7. The van der Waals surface area contributed by atoms with Gasteiger partial charge in [0, 0.05) is 28.4 Å². The number of aryl methyl sites for hydroxylation is 1. The Bertz CT molecular complexity index is 1190. The molecule has 4 rings (SSSR count). The molecule has 1 heterocycles. The Labute approximate surface area is 177 Å². The van der Waals surface area contributed by atoms with Crippen molar-refractivity contribution < 1.29 is 9.53 Å². The number of primary amides is 1. The Morgan fingerprint density at radius 3 is 2.43 bits per heavy atom. The first kappa shape index (κ1) is 20.0. The van der Waals surface area contributed by atoms with Gasteiger partial charge >= 0.3 is 0 Å². The number of nitrogens with two attached hydrogens (primary N) is 1. The Hall–Kier alpha value is -3.27. The molecule has 0 atom stereocenters. The van der Waals surface area contributed by atoms with Gasteiger partial charge in [-0.05, 0) is 61.2 Å². The number of carbonyl (C=O) groups is 1. The van der Waals surface area contributed by atoms with Gasteiger partial charge in [-0.3, -0.25) is 4.79 Å². The molecule has 0 saturated heterocycles. The number of nitrogens with zero attached hydrogens (tertiary/aromatic N) is 1. The lowest BCUT2D eigenvalue weighted by Gasteiger charge is -2.10. The molecule has 4 nitrogen and oxygen atoms in total. The molecular weight excluding hydrogens is 372 g/mol. The lowest BCUT2D eigenvalue weighted by molar-refractivity contribution is 0.100. The predicted octanol–water partition coefficient (Wildman–Crippen LogP) is 5.68. The standard InChI is InChI=1S/C26H28N2O2/c1-3-5-7-18-12-15-21-24(16-18)28(17-19-10-13-20(14-11-19)30-4-2)23-9-6-8-22(25(21)23)26(27)29/h6,8-16H,3-5,7,17H2,1-2H3,(H2,27,29). The second kappa shape index (κ2) is 8.62. The van der Waals surface area contributed by atoms with E-state index in [1.54, 1.807) is 0 Å². The summed E-state index contributed by atoms with van der Waals surface area (Å²) < 4.78 is 7.87. The SMILES string of the molecule is CCCCc1ccc2c3c(C(N)=O)cccc3n(Cc3ccc(OCC)cc3)c2c1. The number of benzene rings is 3. The van der Waals surface area contributed by atoms with Gasteiger partial charge < -0.3 is 15.0 Å². The lowest BCUT2D eigenvalue weighted by atomic mass is 10.0. The Balaban J connectivity index is 1.88. The molecule has 0 aliphatic carbocycles. The fourth-order valence-corrected chi connectivity index (χ4v) is 4.14. The highest BCUT2D eigenvalue weighted by atomic mass is 16.5. The van der Waals surface area contributed by atoms with Crippen molar-refractivity contribution in [1.29, 1.82) is 0 Å². The smallest absolute Gasteiger partial charge is 0.249 e. The maximum Gasteiger partial charge on any atom is 0.249 e. The van der Waals surface area contributed by atoms with Crippen molar-refractivity contribution in [3.05, 3.63) is 77.4 Å². The molecule has 0 aliphatic rings. The van der Waals surface area contributed by atoms with Crippen LogP contribution in [0.25, 0.3) is 21.8 Å². The van der Waals surface area contributed by atoms with Crippen LogP contribution < -0.4 is 10.5 Å². The Kier molecular flexibility index (Phi) is 5.75. The van der Waals surface area contributed by atoms with Gasteiger partial charge in [-0.1, -0.05) is 43.7 Å². The van der Waals surface area contributed by atoms with Crippen LogP contribution in [0.4, 0.5) is 0 Å². The van der Waals surface area contributed by atoms with Crippen molar-refractivity contribution >= 4 is 27.7 Å². The number of rotatable bonds is 8. The predicted molar refractivity (Wildman–Crippen MR) is 123 cm³/mol. The molecule has 1 amide bonds. The van der Waals surface area contributed by atoms with Gasteiger partial charge in [0.05, 0.1) is 12.1 Å². The van der Waals surface area contributed by atoms with Crippen LogP contribution >= 0.6 is 0 Å². The van der Waals surface area contributed by atoms with Gasteiger partial charge in [0.1, 0.15) is 5.75 Å². The van der Waals surface area contributed by atoms with E-state index in [4.69, 9.17) is 10.5 Å². The molecule has 0 unspecified atom stereocenters. The van der Waals surface area contributed by atoms with Gasteiger partial charge in [0.25, 0.3) is 0 Å². The van der Waals surface area contributed by atoms with E-state index in [1.807, 2.05) is 31.2 Å². The van der Waals surface area contributed by atoms with E-state index < -0.39 is 5.91 Å². The van der Waals surface area contributed by atoms with Crippen molar-refractivity contribution in [3.63, 3.8) is 0 Å². The third-order valence-electron chi connectivity index (χ3n) is 5.62. The third kappa shape index (κ3) is 3.78. The maximum atomic E-state index is 12.1. The summed E-state index contributed by atoms with van der Waals surface area (Å²) >= 11 is 0. The van der Waals surface area contributed by atoms with E-state index in [-0.39, 0.29) is 0 Å². The van der Waals surface area contributed by atoms with Crippen LogP contribution in [0.1, 0.15) is 48.2 Å². The monoisotopic (exact) mass is 400 g/mol. The van der Waals surface area contributed by atoms with Crippen LogP contribution in [-0.4, -0.2) is 17.1 Å². The van der Waals surface area contributed by atoms with E-state index in [1.165, 1.54) is 17.5 Å². The van der Waals surface area contributed by atoms with Gasteiger partial charge in [0.15, 0.2) is 0 Å². The molecule has 0 radical (unpaired) electrons. The lowest BCUT2D eigenvalue weighted by Crippen LogP contribution is -2.11. The largest absolute Gasteiger partial charge is 0.494 e. The summed E-state index contributed by atoms with van der Waals surface area (Å²) in [6.45, 7) is 5.56. The van der Waals surface area contributed by atoms with Crippen molar-refractivity contribution in [2.24, 2.45) is 5.73 Å². The van der Waals surface area contributed by atoms with Crippen LogP contribution in [0, 0.1) is 0 Å². The summed E-state index contributed by atoms with van der Waals surface area (Å²) in [5.74, 6) is 0.483. The zero-order valence-electron chi connectivity index (χ0n) is 17.7. The second-order valence-electron chi connectivity index (χ2n) is 7.68. The van der Waals surface area contributed by atoms with Gasteiger partial charge in [0.2, 0.25) is 5.91 Å². The summed E-state index contributed by atoms with van der Waals surface area (Å²) in [7, 11) is 0. The van der Waals surface area contributed by atoms with Gasteiger partial charge in [-0.25, -0.2) is 0 Å². The Morgan fingerprint density at radius 2 is 1.73 bits per heavy atom. The summed E-state index contributed by atoms with van der Waals surface area (Å²) in [4.78, 5) is 12.1. The van der Waals surface area contributed by atoms with Gasteiger partial charge in [-0.2, -0.15) is 0 Å². The number of hydrogen-bond acceptors (Lipinski definition) is 2.